The number of nitrogens with zero attached hydrogens (tertiary/aromatic N) is 3. The quantitative estimate of drug-likeness (QED) is 0.405. The van der Waals surface area contributed by atoms with Crippen LogP contribution in [0.4, 0.5) is 5.82 Å². The van der Waals surface area contributed by atoms with Gasteiger partial charge in [0, 0.05) is 19.2 Å². The molecule has 0 fully saturated rings. The molecule has 0 amide bonds. The average Bonchev–Trinajstić information content (AvgIpc) is 3.12. The number of rotatable bonds is 5. The lowest BCUT2D eigenvalue weighted by Crippen LogP contribution is -2.02. The van der Waals surface area contributed by atoms with E-state index < -0.39 is 0 Å². The Morgan fingerprint density at radius 2 is 1.33 bits per heavy atom. The molecule has 0 aliphatic rings. The third-order valence-electron chi connectivity index (χ3n) is 5.38. The van der Waals surface area contributed by atoms with E-state index in [4.69, 9.17) is 0 Å². The number of hydrogen-bond donors (Lipinski definition) is 1. The first kappa shape index (κ1) is 18.1. The van der Waals surface area contributed by atoms with Gasteiger partial charge in [-0.1, -0.05) is 91.0 Å². The molecular weight excluding hydrogens is 368 g/mol. The summed E-state index contributed by atoms with van der Waals surface area (Å²) in [5.74, 6) is 0.848. The Hall–Kier alpha value is -3.92. The minimum Gasteiger partial charge on any atom is -0.365 e. The van der Waals surface area contributed by atoms with Crippen LogP contribution in [0.15, 0.2) is 97.3 Å². The zero-order valence-electron chi connectivity index (χ0n) is 16.8. The lowest BCUT2D eigenvalue weighted by molar-refractivity contribution is 0.951. The molecule has 0 saturated carbocycles. The fourth-order valence-electron chi connectivity index (χ4n) is 3.99. The molecule has 3 aromatic carbocycles. The van der Waals surface area contributed by atoms with Crippen LogP contribution >= 0.6 is 0 Å². The van der Waals surface area contributed by atoms with Gasteiger partial charge in [-0.05, 0) is 16.7 Å². The molecule has 0 aliphatic heterocycles. The molecule has 0 bridgehead atoms. The van der Waals surface area contributed by atoms with Crippen LogP contribution in [0.1, 0.15) is 5.56 Å². The second-order valence-electron chi connectivity index (χ2n) is 7.27. The molecule has 0 radical (unpaired) electrons. The van der Waals surface area contributed by atoms with Crippen molar-refractivity contribution in [1.29, 1.82) is 0 Å². The number of aromatic nitrogens is 3. The number of aryl methyl sites for hydroxylation is 1. The van der Waals surface area contributed by atoms with Crippen molar-refractivity contribution in [2.45, 2.75) is 6.54 Å². The van der Waals surface area contributed by atoms with Gasteiger partial charge in [-0.15, -0.1) is 0 Å². The van der Waals surface area contributed by atoms with Crippen molar-refractivity contribution < 1.29 is 0 Å². The van der Waals surface area contributed by atoms with Gasteiger partial charge in [0.05, 0.1) is 11.1 Å². The van der Waals surface area contributed by atoms with E-state index >= 15 is 0 Å². The van der Waals surface area contributed by atoms with Gasteiger partial charge < -0.3 is 9.88 Å². The first-order chi connectivity index (χ1) is 14.8. The molecule has 4 heteroatoms. The van der Waals surface area contributed by atoms with Crippen molar-refractivity contribution in [3.8, 4) is 22.4 Å². The summed E-state index contributed by atoms with van der Waals surface area (Å²) in [6, 6.07) is 31.3. The Bertz CT molecular complexity index is 1280. The maximum absolute atomic E-state index is 4.64. The number of nitrogens with one attached hydrogen (secondary N) is 1. The molecular formula is C26H22N4. The largest absolute Gasteiger partial charge is 0.365 e. The molecule has 5 rings (SSSR count). The summed E-state index contributed by atoms with van der Waals surface area (Å²) in [5, 5.41) is 4.58. The SMILES string of the molecule is Cn1c(-c2ccccc2)c(-c2ccccc2)c2c(NCc3ccccc3)ncnc21. The maximum Gasteiger partial charge on any atom is 0.146 e. The molecule has 0 saturated heterocycles. The Morgan fingerprint density at radius 3 is 2.00 bits per heavy atom. The second kappa shape index (κ2) is 7.84. The van der Waals surface area contributed by atoms with Crippen molar-refractivity contribution in [1.82, 2.24) is 14.5 Å². The average molecular weight is 390 g/mol. The Morgan fingerprint density at radius 1 is 0.733 bits per heavy atom. The highest BCUT2D eigenvalue weighted by Crippen LogP contribution is 2.42. The van der Waals surface area contributed by atoms with E-state index in [1.54, 1.807) is 6.33 Å². The minimum atomic E-state index is 0.705. The van der Waals surface area contributed by atoms with E-state index in [0.717, 1.165) is 39.2 Å². The van der Waals surface area contributed by atoms with Crippen LogP contribution in [0.25, 0.3) is 33.4 Å². The van der Waals surface area contributed by atoms with Crippen LogP contribution in [0.3, 0.4) is 0 Å². The zero-order chi connectivity index (χ0) is 20.3. The number of benzene rings is 3. The molecule has 5 aromatic rings. The van der Waals surface area contributed by atoms with E-state index in [0.29, 0.717) is 6.54 Å². The first-order valence-corrected chi connectivity index (χ1v) is 10.0. The fourth-order valence-corrected chi connectivity index (χ4v) is 3.99. The summed E-state index contributed by atoms with van der Waals surface area (Å²) in [7, 11) is 2.07. The predicted molar refractivity (Wildman–Crippen MR) is 123 cm³/mol. The molecule has 30 heavy (non-hydrogen) atoms. The van der Waals surface area contributed by atoms with Crippen molar-refractivity contribution in [2.24, 2.45) is 7.05 Å². The van der Waals surface area contributed by atoms with Gasteiger partial charge in [-0.3, -0.25) is 0 Å². The Kier molecular flexibility index (Phi) is 4.74. The number of hydrogen-bond acceptors (Lipinski definition) is 3. The minimum absolute atomic E-state index is 0.705. The van der Waals surface area contributed by atoms with E-state index in [1.807, 2.05) is 18.2 Å². The van der Waals surface area contributed by atoms with Gasteiger partial charge >= 0.3 is 0 Å². The standard InChI is InChI=1S/C26H22N4/c1-30-24(21-15-9-4-10-16-21)22(20-13-7-3-8-14-20)23-25(28-18-29-26(23)30)27-17-19-11-5-2-6-12-19/h2-16,18H,17H2,1H3,(H,27,28,29). The van der Waals surface area contributed by atoms with E-state index in [9.17, 15) is 0 Å². The van der Waals surface area contributed by atoms with Gasteiger partial charge in [0.15, 0.2) is 0 Å². The third-order valence-corrected chi connectivity index (χ3v) is 5.38. The Balaban J connectivity index is 1.74. The highest BCUT2D eigenvalue weighted by molar-refractivity contribution is 6.08. The fraction of sp³-hybridized carbons (Fsp3) is 0.0769. The van der Waals surface area contributed by atoms with E-state index in [2.05, 4.69) is 99.7 Å². The molecule has 0 aliphatic carbocycles. The van der Waals surface area contributed by atoms with Crippen LogP contribution in [-0.2, 0) is 13.6 Å². The van der Waals surface area contributed by atoms with Gasteiger partial charge in [0.2, 0.25) is 0 Å². The van der Waals surface area contributed by atoms with Gasteiger partial charge in [-0.2, -0.15) is 0 Å². The van der Waals surface area contributed by atoms with Crippen LogP contribution in [0, 0.1) is 0 Å². The molecule has 0 unspecified atom stereocenters. The van der Waals surface area contributed by atoms with Crippen molar-refractivity contribution in [2.75, 3.05) is 5.32 Å². The summed E-state index contributed by atoms with van der Waals surface area (Å²) < 4.78 is 2.17. The highest BCUT2D eigenvalue weighted by Gasteiger charge is 2.22. The highest BCUT2D eigenvalue weighted by atomic mass is 15.1. The van der Waals surface area contributed by atoms with Crippen LogP contribution in [0.5, 0.6) is 0 Å². The monoisotopic (exact) mass is 390 g/mol. The molecule has 1 N–H and O–H groups in total. The predicted octanol–water partition coefficient (Wildman–Crippen LogP) is 5.91. The summed E-state index contributed by atoms with van der Waals surface area (Å²) in [6.45, 7) is 0.705. The van der Waals surface area contributed by atoms with Crippen molar-refractivity contribution in [3.05, 3.63) is 103 Å². The lowest BCUT2D eigenvalue weighted by Gasteiger charge is -2.10. The third kappa shape index (κ3) is 3.22. The number of anilines is 1. The van der Waals surface area contributed by atoms with Crippen LogP contribution in [-0.4, -0.2) is 14.5 Å². The number of fused-ring (bicyclic) bond motifs is 1. The summed E-state index contributed by atoms with van der Waals surface area (Å²) in [6.07, 6.45) is 1.64. The maximum atomic E-state index is 4.64. The smallest absolute Gasteiger partial charge is 0.146 e. The first-order valence-electron chi connectivity index (χ1n) is 10.0. The molecule has 0 spiro atoms. The van der Waals surface area contributed by atoms with Crippen LogP contribution in [0.2, 0.25) is 0 Å². The van der Waals surface area contributed by atoms with E-state index in [-0.39, 0.29) is 0 Å². The molecule has 146 valence electrons. The summed E-state index contributed by atoms with van der Waals surface area (Å²) >= 11 is 0. The van der Waals surface area contributed by atoms with Crippen molar-refractivity contribution >= 4 is 16.9 Å². The molecule has 2 aromatic heterocycles. The van der Waals surface area contributed by atoms with Gasteiger partial charge in [0.1, 0.15) is 17.8 Å². The lowest BCUT2D eigenvalue weighted by atomic mass is 9.99. The summed E-state index contributed by atoms with van der Waals surface area (Å²) in [5.41, 5.74) is 6.73. The zero-order valence-corrected chi connectivity index (χ0v) is 16.8. The summed E-state index contributed by atoms with van der Waals surface area (Å²) in [4.78, 5) is 9.26. The second-order valence-corrected chi connectivity index (χ2v) is 7.27. The van der Waals surface area contributed by atoms with Gasteiger partial charge in [0.25, 0.3) is 0 Å². The topological polar surface area (TPSA) is 42.7 Å². The van der Waals surface area contributed by atoms with Crippen LogP contribution < -0.4 is 5.32 Å². The molecule has 4 nitrogen and oxygen atoms in total. The van der Waals surface area contributed by atoms with Gasteiger partial charge in [-0.25, -0.2) is 9.97 Å². The molecule has 0 atom stereocenters. The molecule has 2 heterocycles. The van der Waals surface area contributed by atoms with Crippen molar-refractivity contribution in [3.63, 3.8) is 0 Å². The Labute approximate surface area is 175 Å². The van der Waals surface area contributed by atoms with E-state index in [1.165, 1.54) is 5.56 Å². The normalized spacial score (nSPS) is 11.0.